The van der Waals surface area contributed by atoms with Gasteiger partial charge in [-0.05, 0) is 0 Å². The maximum absolute atomic E-state index is 10.5. The normalized spacial score (nSPS) is 19.3. The van der Waals surface area contributed by atoms with Gasteiger partial charge in [0.25, 0.3) is 0 Å². The first-order valence-electron chi connectivity index (χ1n) is 13.2. The van der Waals surface area contributed by atoms with Crippen LogP contribution in [0.15, 0.2) is 34.6 Å². The number of ether oxygens (including phenoxy) is 3. The fraction of sp³-hybridized carbons (Fsp3) is 0.500. The van der Waals surface area contributed by atoms with Crippen molar-refractivity contribution in [2.24, 2.45) is 17.2 Å². The number of hydrogen-bond acceptors (Lipinski definition) is 24. The predicted octanol–water partition coefficient (Wildman–Crippen LogP) is -7.90. The SMILES string of the molecule is NCC(=O)O.NCC(=O)O.NCC(=O)O.O=C1OC(C(O)CO)C(O)=C1O.O=C1OC(C(O)CO)C(O)=C1O.O=C1OC(C(O)CO)C(O)=C1O.[Ca+2].[Mg+2].[Zn+2]. The molecular formula is C24H39CaMgN3O24Zn+6. The van der Waals surface area contributed by atoms with E-state index in [1.807, 2.05) is 0 Å². The molecule has 0 aromatic rings. The van der Waals surface area contributed by atoms with E-state index in [-0.39, 0.29) is 99.9 Å². The van der Waals surface area contributed by atoms with Crippen LogP contribution in [-0.2, 0) is 62.5 Å². The van der Waals surface area contributed by atoms with Crippen LogP contribution in [0.5, 0.6) is 0 Å². The second-order valence-corrected chi connectivity index (χ2v) is 8.72. The van der Waals surface area contributed by atoms with Gasteiger partial charge in [0.1, 0.15) is 18.3 Å². The molecule has 0 spiro atoms. The van der Waals surface area contributed by atoms with Crippen LogP contribution in [0.4, 0.5) is 0 Å². The number of carboxylic acid groups (broad SMARTS) is 3. The molecule has 3 heterocycles. The average molecular weight is 883 g/mol. The molecule has 3 aliphatic heterocycles. The number of esters is 3. The fourth-order valence-electron chi connectivity index (χ4n) is 2.47. The summed E-state index contributed by atoms with van der Waals surface area (Å²) in [6.45, 7) is -2.85. The Bertz CT molecular complexity index is 1150. The van der Waals surface area contributed by atoms with Crippen molar-refractivity contribution in [1.29, 1.82) is 0 Å². The second kappa shape index (κ2) is 33.5. The summed E-state index contributed by atoms with van der Waals surface area (Å²) in [5, 5.41) is 128. The van der Waals surface area contributed by atoms with Gasteiger partial charge in [0.15, 0.2) is 35.6 Å². The van der Waals surface area contributed by atoms with E-state index < -0.39 is 127 Å². The van der Waals surface area contributed by atoms with Crippen LogP contribution in [-0.4, -0.2) is 249 Å². The van der Waals surface area contributed by atoms with Crippen LogP contribution in [0.1, 0.15) is 0 Å². The number of aliphatic carboxylic acids is 3. The quantitative estimate of drug-likeness (QED) is 0.0581. The Labute approximate surface area is 361 Å². The van der Waals surface area contributed by atoms with Crippen LogP contribution in [0.25, 0.3) is 0 Å². The molecule has 6 atom stereocenters. The first-order valence-corrected chi connectivity index (χ1v) is 13.2. The zero-order valence-electron chi connectivity index (χ0n) is 27.9. The molecule has 0 aromatic heterocycles. The van der Waals surface area contributed by atoms with E-state index in [9.17, 15) is 28.8 Å². The van der Waals surface area contributed by atoms with Gasteiger partial charge >= 0.3 is 116 Å². The van der Waals surface area contributed by atoms with Gasteiger partial charge in [0.2, 0.25) is 17.3 Å². The number of cyclic esters (lactones) is 3. The molecule has 0 bridgehead atoms. The van der Waals surface area contributed by atoms with E-state index in [0.29, 0.717) is 0 Å². The Morgan fingerprint density at radius 2 is 0.667 bits per heavy atom. The summed E-state index contributed by atoms with van der Waals surface area (Å²) in [6, 6.07) is 0. The van der Waals surface area contributed by atoms with Crippen LogP contribution >= 0.6 is 0 Å². The van der Waals surface area contributed by atoms with Crippen molar-refractivity contribution in [2.75, 3.05) is 39.5 Å². The van der Waals surface area contributed by atoms with Crippen LogP contribution < -0.4 is 17.2 Å². The van der Waals surface area contributed by atoms with Gasteiger partial charge in [-0.3, -0.25) is 14.4 Å². The summed E-state index contributed by atoms with van der Waals surface area (Å²) in [5.74, 6) is -11.2. The molecule has 0 radical (unpaired) electrons. The topological polar surface area (TPSA) is 512 Å². The summed E-state index contributed by atoms with van der Waals surface area (Å²) < 4.78 is 12.9. The Morgan fingerprint density at radius 1 is 0.519 bits per heavy atom. The molecule has 6 unspecified atom stereocenters. The molecule has 21 N–H and O–H groups in total. The summed E-state index contributed by atoms with van der Waals surface area (Å²) in [7, 11) is 0. The van der Waals surface area contributed by atoms with Crippen molar-refractivity contribution in [3.8, 4) is 0 Å². The van der Waals surface area contributed by atoms with Crippen LogP contribution in [0.2, 0.25) is 0 Å². The van der Waals surface area contributed by atoms with Gasteiger partial charge in [-0.25, -0.2) is 14.4 Å². The number of carboxylic acids is 3. The Balaban J connectivity index is -0.000000132. The van der Waals surface area contributed by atoms with Crippen molar-refractivity contribution >= 4 is 96.6 Å². The van der Waals surface area contributed by atoms with E-state index in [1.54, 1.807) is 0 Å². The molecule has 30 heteroatoms. The predicted molar refractivity (Wildman–Crippen MR) is 167 cm³/mol. The smallest absolute Gasteiger partial charge is 0.505 e. The summed E-state index contributed by atoms with van der Waals surface area (Å²) in [5.41, 5.74) is 13.7. The summed E-state index contributed by atoms with van der Waals surface area (Å²) in [6.07, 6.45) is -8.33. The zero-order valence-corrected chi connectivity index (χ0v) is 34.5. The van der Waals surface area contributed by atoms with E-state index in [2.05, 4.69) is 31.4 Å². The first kappa shape index (κ1) is 63.1. The number of hydrogen-bond donors (Lipinski definition) is 18. The number of aliphatic hydroxyl groups excluding tert-OH is 12. The summed E-state index contributed by atoms with van der Waals surface area (Å²) in [4.78, 5) is 59.3. The standard InChI is InChI=1S/3C6H8O6.3C2H5NO2.Ca.Mg.Zn/c3*7-1-2(8)5-3(9)4(10)6(11)12-5;3*3-1-2(4)5;;;/h3*2,5,7-10H,1H2;3*1,3H2,(H,4,5);;;/q;;;;;;3*+2. The molecule has 0 saturated heterocycles. The largest absolute Gasteiger partial charge is 2.00 e. The third-order valence-corrected chi connectivity index (χ3v) is 4.95. The van der Waals surface area contributed by atoms with E-state index in [0.717, 1.165) is 0 Å². The Kier molecular flexibility index (Phi) is 39.1. The number of carbonyl (C=O) groups excluding carboxylic acids is 3. The van der Waals surface area contributed by atoms with Gasteiger partial charge < -0.3 is 108 Å². The minimum Gasteiger partial charge on any atom is -0.505 e. The van der Waals surface area contributed by atoms with E-state index in [4.69, 9.17) is 76.6 Å². The summed E-state index contributed by atoms with van der Waals surface area (Å²) >= 11 is 0. The van der Waals surface area contributed by atoms with Crippen molar-refractivity contribution < 1.29 is 139 Å². The maximum atomic E-state index is 10.5. The molecule has 0 fully saturated rings. The molecule has 3 rings (SSSR count). The molecule has 0 saturated carbocycles. The van der Waals surface area contributed by atoms with Gasteiger partial charge in [0, 0.05) is 0 Å². The molecule has 0 aliphatic carbocycles. The Hall–Kier alpha value is -2.87. The van der Waals surface area contributed by atoms with Crippen LogP contribution in [0.3, 0.4) is 0 Å². The molecule has 27 nitrogen and oxygen atoms in total. The zero-order chi connectivity index (χ0) is 40.8. The second-order valence-electron chi connectivity index (χ2n) is 8.72. The van der Waals surface area contributed by atoms with Crippen LogP contribution in [0, 0.1) is 0 Å². The van der Waals surface area contributed by atoms with Crippen molar-refractivity contribution in [3.05, 3.63) is 34.6 Å². The number of carbonyl (C=O) groups is 6. The minimum absolute atomic E-state index is 0. The average Bonchev–Trinajstić information content (AvgIpc) is 3.64. The third kappa shape index (κ3) is 23.8. The van der Waals surface area contributed by atoms with E-state index >= 15 is 0 Å². The number of rotatable bonds is 9. The third-order valence-electron chi connectivity index (χ3n) is 4.95. The molecular weight excluding hydrogens is 844 g/mol. The molecule has 294 valence electrons. The maximum Gasteiger partial charge on any atom is 2.00 e. The Morgan fingerprint density at radius 3 is 0.741 bits per heavy atom. The van der Waals surface area contributed by atoms with Gasteiger partial charge in [0.05, 0.1) is 39.5 Å². The van der Waals surface area contributed by atoms with Gasteiger partial charge in [-0.2, -0.15) is 0 Å². The van der Waals surface area contributed by atoms with Crippen molar-refractivity contribution in [3.63, 3.8) is 0 Å². The van der Waals surface area contributed by atoms with Gasteiger partial charge in [-0.15, -0.1) is 0 Å². The number of aliphatic hydroxyl groups is 12. The van der Waals surface area contributed by atoms with E-state index in [1.165, 1.54) is 0 Å². The van der Waals surface area contributed by atoms with Crippen molar-refractivity contribution in [2.45, 2.75) is 36.6 Å². The fourth-order valence-corrected chi connectivity index (χ4v) is 2.47. The minimum atomic E-state index is -1.42. The monoisotopic (exact) mass is 881 g/mol. The molecule has 54 heavy (non-hydrogen) atoms. The molecule has 0 amide bonds. The first-order chi connectivity index (χ1) is 23.5. The number of nitrogens with two attached hydrogens (primary N) is 3. The van der Waals surface area contributed by atoms with Gasteiger partial charge in [-0.1, -0.05) is 0 Å². The van der Waals surface area contributed by atoms with Crippen molar-refractivity contribution in [1.82, 2.24) is 0 Å². The molecule has 3 aliphatic rings. The molecule has 0 aromatic carbocycles.